The van der Waals surface area contributed by atoms with Gasteiger partial charge in [0.15, 0.2) is 5.76 Å². The van der Waals surface area contributed by atoms with E-state index < -0.39 is 0 Å². The summed E-state index contributed by atoms with van der Waals surface area (Å²) in [5, 5.41) is 7.54. The van der Waals surface area contributed by atoms with Gasteiger partial charge in [-0.1, -0.05) is 5.16 Å². The second kappa shape index (κ2) is 7.48. The number of rotatable bonds is 6. The summed E-state index contributed by atoms with van der Waals surface area (Å²) in [6.07, 6.45) is 7.84. The van der Waals surface area contributed by atoms with E-state index in [1.54, 1.807) is 0 Å². The van der Waals surface area contributed by atoms with Crippen molar-refractivity contribution in [1.82, 2.24) is 24.9 Å². The van der Waals surface area contributed by atoms with Crippen LogP contribution in [0.2, 0.25) is 0 Å². The number of nitrogens with zero attached hydrogens (tertiary/aromatic N) is 4. The lowest BCUT2D eigenvalue weighted by molar-refractivity contribution is 0.165. The van der Waals surface area contributed by atoms with Crippen molar-refractivity contribution >= 4 is 12.4 Å². The average molecular weight is 366 g/mol. The predicted molar refractivity (Wildman–Crippen MR) is 98.6 cm³/mol. The molecular formula is C18H28ClN5O. The lowest BCUT2D eigenvalue weighted by atomic mass is 9.93. The largest absolute Gasteiger partial charge is 0.360 e. The van der Waals surface area contributed by atoms with Crippen molar-refractivity contribution in [3.05, 3.63) is 35.7 Å². The van der Waals surface area contributed by atoms with Gasteiger partial charge >= 0.3 is 0 Å². The molecule has 7 heteroatoms. The summed E-state index contributed by atoms with van der Waals surface area (Å²) in [6.45, 7) is 9.10. The molecule has 3 heterocycles. The summed E-state index contributed by atoms with van der Waals surface area (Å²) in [7, 11) is 0. The number of halogens is 1. The maximum atomic E-state index is 5.49. The zero-order valence-electron chi connectivity index (χ0n) is 15.1. The van der Waals surface area contributed by atoms with Crippen LogP contribution in [0.4, 0.5) is 0 Å². The fraction of sp³-hybridized carbons (Fsp3) is 0.667. The van der Waals surface area contributed by atoms with Gasteiger partial charge in [-0.15, -0.1) is 12.4 Å². The van der Waals surface area contributed by atoms with Crippen LogP contribution in [-0.4, -0.2) is 38.7 Å². The standard InChI is InChI=1S/C18H27N5O.ClH/c1-3-22-9-8-20-17(22)13-23(12-15-10-14(2)21-24-15)16-11-18(16)4-6-19-7-5-18;/h8-10,16,19H,3-7,11-13H2,1-2H3;1H. The molecule has 2 fully saturated rings. The zero-order valence-corrected chi connectivity index (χ0v) is 15.9. The van der Waals surface area contributed by atoms with Gasteiger partial charge < -0.3 is 14.4 Å². The van der Waals surface area contributed by atoms with E-state index in [0.29, 0.717) is 11.5 Å². The smallest absolute Gasteiger partial charge is 0.150 e. The summed E-state index contributed by atoms with van der Waals surface area (Å²) in [5.41, 5.74) is 1.46. The summed E-state index contributed by atoms with van der Waals surface area (Å²) in [4.78, 5) is 7.14. The van der Waals surface area contributed by atoms with E-state index in [-0.39, 0.29) is 12.4 Å². The van der Waals surface area contributed by atoms with E-state index in [0.717, 1.165) is 50.0 Å². The van der Waals surface area contributed by atoms with Crippen molar-refractivity contribution in [2.45, 2.75) is 58.8 Å². The third-order valence-electron chi connectivity index (χ3n) is 5.71. The molecule has 1 aliphatic carbocycles. The first-order chi connectivity index (χ1) is 11.7. The summed E-state index contributed by atoms with van der Waals surface area (Å²) < 4.78 is 7.73. The SMILES string of the molecule is CCn1ccnc1CN(Cc1cc(C)no1)C1CC12CCNCC2.Cl. The van der Waals surface area contributed by atoms with Gasteiger partial charge in [0.05, 0.1) is 18.8 Å². The van der Waals surface area contributed by atoms with Crippen LogP contribution >= 0.6 is 12.4 Å². The fourth-order valence-electron chi connectivity index (χ4n) is 4.23. The molecule has 2 aromatic rings. The predicted octanol–water partition coefficient (Wildman–Crippen LogP) is 2.77. The van der Waals surface area contributed by atoms with Crippen LogP contribution in [0.5, 0.6) is 0 Å². The topological polar surface area (TPSA) is 59.1 Å². The number of nitrogens with one attached hydrogen (secondary N) is 1. The first kappa shape index (κ1) is 18.4. The normalized spacial score (nSPS) is 21.5. The van der Waals surface area contributed by atoms with Crippen LogP contribution in [0, 0.1) is 12.3 Å². The van der Waals surface area contributed by atoms with E-state index in [4.69, 9.17) is 4.52 Å². The highest BCUT2D eigenvalue weighted by molar-refractivity contribution is 5.85. The van der Waals surface area contributed by atoms with E-state index >= 15 is 0 Å². The molecule has 0 amide bonds. The van der Waals surface area contributed by atoms with Gasteiger partial charge in [0.2, 0.25) is 0 Å². The number of hydrogen-bond acceptors (Lipinski definition) is 5. The van der Waals surface area contributed by atoms with Crippen LogP contribution in [0.3, 0.4) is 0 Å². The third-order valence-corrected chi connectivity index (χ3v) is 5.71. The van der Waals surface area contributed by atoms with Gasteiger partial charge in [0.25, 0.3) is 0 Å². The Labute approximate surface area is 155 Å². The van der Waals surface area contributed by atoms with Crippen molar-refractivity contribution in [3.63, 3.8) is 0 Å². The van der Waals surface area contributed by atoms with Crippen LogP contribution in [0.25, 0.3) is 0 Å². The minimum Gasteiger partial charge on any atom is -0.360 e. The molecule has 1 aliphatic heterocycles. The Balaban J connectivity index is 0.00000182. The van der Waals surface area contributed by atoms with Crippen molar-refractivity contribution in [3.8, 4) is 0 Å². The number of piperidine rings is 1. The Hall–Kier alpha value is -1.37. The molecule has 1 N–H and O–H groups in total. The van der Waals surface area contributed by atoms with Crippen molar-refractivity contribution in [2.75, 3.05) is 13.1 Å². The minimum absolute atomic E-state index is 0. The third kappa shape index (κ3) is 3.76. The van der Waals surface area contributed by atoms with E-state index in [1.807, 2.05) is 13.1 Å². The molecule has 1 unspecified atom stereocenters. The molecule has 2 aromatic heterocycles. The van der Waals surface area contributed by atoms with Gasteiger partial charge in [-0.2, -0.15) is 0 Å². The van der Waals surface area contributed by atoms with Crippen LogP contribution in [0.15, 0.2) is 23.0 Å². The highest BCUT2D eigenvalue weighted by atomic mass is 35.5. The van der Waals surface area contributed by atoms with Crippen molar-refractivity contribution in [2.24, 2.45) is 5.41 Å². The highest BCUT2D eigenvalue weighted by Gasteiger charge is 2.56. The number of imidazole rings is 1. The second-order valence-electron chi connectivity index (χ2n) is 7.30. The molecule has 25 heavy (non-hydrogen) atoms. The molecule has 0 aromatic carbocycles. The van der Waals surface area contributed by atoms with Gasteiger partial charge in [0.1, 0.15) is 5.82 Å². The minimum atomic E-state index is 0. The van der Waals surface area contributed by atoms with E-state index in [9.17, 15) is 0 Å². The molecule has 1 spiro atoms. The lowest BCUT2D eigenvalue weighted by Crippen LogP contribution is -2.36. The molecule has 0 bridgehead atoms. The fourth-order valence-corrected chi connectivity index (χ4v) is 4.23. The Kier molecular flexibility index (Phi) is 5.51. The number of aromatic nitrogens is 3. The molecular weight excluding hydrogens is 338 g/mol. The van der Waals surface area contributed by atoms with Crippen LogP contribution in [-0.2, 0) is 19.6 Å². The van der Waals surface area contributed by atoms with E-state index in [2.05, 4.69) is 44.1 Å². The quantitative estimate of drug-likeness (QED) is 0.853. The van der Waals surface area contributed by atoms with Gasteiger partial charge in [-0.25, -0.2) is 4.98 Å². The number of hydrogen-bond donors (Lipinski definition) is 1. The molecule has 138 valence electrons. The molecule has 1 saturated carbocycles. The first-order valence-corrected chi connectivity index (χ1v) is 9.07. The van der Waals surface area contributed by atoms with Crippen LogP contribution < -0.4 is 5.32 Å². The second-order valence-corrected chi connectivity index (χ2v) is 7.30. The molecule has 1 atom stereocenters. The van der Waals surface area contributed by atoms with E-state index in [1.165, 1.54) is 19.3 Å². The van der Waals surface area contributed by atoms with Crippen LogP contribution in [0.1, 0.15) is 43.5 Å². The first-order valence-electron chi connectivity index (χ1n) is 9.07. The number of aryl methyl sites for hydroxylation is 2. The lowest BCUT2D eigenvalue weighted by Gasteiger charge is -2.29. The maximum absolute atomic E-state index is 5.49. The molecule has 2 aliphatic rings. The molecule has 4 rings (SSSR count). The Bertz CT molecular complexity index is 691. The highest BCUT2D eigenvalue weighted by Crippen LogP contribution is 2.56. The van der Waals surface area contributed by atoms with Gasteiger partial charge in [-0.3, -0.25) is 4.90 Å². The van der Waals surface area contributed by atoms with Gasteiger partial charge in [-0.05, 0) is 51.6 Å². The Morgan fingerprint density at radius 1 is 1.36 bits per heavy atom. The summed E-state index contributed by atoms with van der Waals surface area (Å²) >= 11 is 0. The van der Waals surface area contributed by atoms with Crippen molar-refractivity contribution < 1.29 is 4.52 Å². The van der Waals surface area contributed by atoms with Crippen molar-refractivity contribution in [1.29, 1.82) is 0 Å². The Morgan fingerprint density at radius 3 is 2.84 bits per heavy atom. The zero-order chi connectivity index (χ0) is 16.6. The Morgan fingerprint density at radius 2 is 2.16 bits per heavy atom. The molecule has 0 radical (unpaired) electrons. The average Bonchev–Trinajstić information content (AvgIpc) is 2.93. The maximum Gasteiger partial charge on any atom is 0.150 e. The molecule has 1 saturated heterocycles. The summed E-state index contributed by atoms with van der Waals surface area (Å²) in [6, 6.07) is 2.68. The monoisotopic (exact) mass is 365 g/mol. The van der Waals surface area contributed by atoms with Gasteiger partial charge in [0, 0.05) is 31.0 Å². The summed E-state index contributed by atoms with van der Waals surface area (Å²) in [5.74, 6) is 2.10. The molecule has 6 nitrogen and oxygen atoms in total.